The summed E-state index contributed by atoms with van der Waals surface area (Å²) < 4.78 is 55.1. The van der Waals surface area contributed by atoms with Crippen molar-refractivity contribution in [3.63, 3.8) is 0 Å². The average molecular weight is 693 g/mol. The van der Waals surface area contributed by atoms with E-state index in [1.807, 2.05) is 30.1 Å². The molecule has 2 unspecified atom stereocenters. The van der Waals surface area contributed by atoms with Gasteiger partial charge in [-0.3, -0.25) is 4.79 Å². The highest BCUT2D eigenvalue weighted by Gasteiger charge is 2.41. The number of pyridine rings is 1. The number of carbonyl (C=O) groups excluding carboxylic acids is 1. The molecule has 2 aliphatic rings. The smallest absolute Gasteiger partial charge is 0.475 e. The second-order valence-electron chi connectivity index (χ2n) is 12.1. The number of hydrogen-bond donors (Lipinski definition) is 2. The molecular formula is C34H32F4N8O4. The molecule has 0 saturated carbocycles. The minimum Gasteiger partial charge on any atom is -0.475 e. The number of carboxylic acids is 1. The molecule has 2 aromatic carbocycles. The van der Waals surface area contributed by atoms with Gasteiger partial charge in [0.25, 0.3) is 0 Å². The highest BCUT2D eigenvalue weighted by atomic mass is 19.4. The Bertz CT molecular complexity index is 2090. The summed E-state index contributed by atoms with van der Waals surface area (Å²) in [6, 6.07) is 13.1. The molecule has 2 aliphatic heterocycles. The number of aryl methyl sites for hydroxylation is 1. The molecule has 0 radical (unpaired) electrons. The monoisotopic (exact) mass is 692 g/mol. The van der Waals surface area contributed by atoms with Crippen LogP contribution in [0.4, 0.5) is 29.1 Å². The van der Waals surface area contributed by atoms with Crippen molar-refractivity contribution in [1.29, 1.82) is 0 Å². The van der Waals surface area contributed by atoms with Crippen molar-refractivity contribution in [2.45, 2.75) is 63.2 Å². The van der Waals surface area contributed by atoms with Crippen molar-refractivity contribution >= 4 is 45.4 Å². The second kappa shape index (κ2) is 13.7. The third kappa shape index (κ3) is 6.91. The van der Waals surface area contributed by atoms with Crippen LogP contribution >= 0.6 is 0 Å². The number of rotatable bonds is 6. The lowest BCUT2D eigenvalue weighted by Crippen LogP contribution is -2.53. The van der Waals surface area contributed by atoms with Crippen molar-refractivity contribution in [2.75, 3.05) is 5.32 Å². The van der Waals surface area contributed by atoms with Gasteiger partial charge in [-0.1, -0.05) is 11.8 Å². The Balaban J connectivity index is 0.000000561. The van der Waals surface area contributed by atoms with Crippen molar-refractivity contribution in [3.05, 3.63) is 78.5 Å². The third-order valence-corrected chi connectivity index (χ3v) is 8.97. The Hall–Kier alpha value is -5.67. The quantitative estimate of drug-likeness (QED) is 0.145. The second-order valence-corrected chi connectivity index (χ2v) is 12.1. The zero-order valence-electron chi connectivity index (χ0n) is 27.0. The maximum Gasteiger partial charge on any atom is 0.490 e. The Morgan fingerprint density at radius 1 is 1.06 bits per heavy atom. The number of piperidine rings is 2. The number of nitrogens with one attached hydrogen (secondary N) is 1. The van der Waals surface area contributed by atoms with Crippen LogP contribution in [0.5, 0.6) is 11.5 Å². The number of benzene rings is 2. The summed E-state index contributed by atoms with van der Waals surface area (Å²) >= 11 is 0. The van der Waals surface area contributed by atoms with Gasteiger partial charge in [0.05, 0.1) is 16.7 Å². The van der Waals surface area contributed by atoms with Crippen LogP contribution in [0.1, 0.15) is 49.3 Å². The van der Waals surface area contributed by atoms with Gasteiger partial charge < -0.3 is 20.1 Å². The maximum atomic E-state index is 15.7. The first-order valence-corrected chi connectivity index (χ1v) is 15.7. The fourth-order valence-corrected chi connectivity index (χ4v) is 6.58. The molecule has 1 amide bonds. The minimum atomic E-state index is -5.08. The van der Waals surface area contributed by atoms with Crippen LogP contribution in [0.3, 0.4) is 0 Å². The lowest BCUT2D eigenvalue weighted by atomic mass is 9.77. The molecule has 2 fully saturated rings. The van der Waals surface area contributed by atoms with Gasteiger partial charge in [0, 0.05) is 42.4 Å². The molecule has 5 aromatic rings. The van der Waals surface area contributed by atoms with Crippen molar-refractivity contribution in [2.24, 2.45) is 7.05 Å². The van der Waals surface area contributed by atoms with Crippen molar-refractivity contribution in [1.82, 2.24) is 34.8 Å². The highest BCUT2D eigenvalue weighted by Crippen LogP contribution is 2.42. The molecule has 16 heteroatoms. The largest absolute Gasteiger partial charge is 0.490 e. The molecule has 50 heavy (non-hydrogen) atoms. The molecule has 260 valence electrons. The van der Waals surface area contributed by atoms with Gasteiger partial charge in [-0.05, 0) is 81.5 Å². The van der Waals surface area contributed by atoms with Crippen LogP contribution in [0.2, 0.25) is 0 Å². The number of alkyl halides is 3. The van der Waals surface area contributed by atoms with Crippen LogP contribution in [0.15, 0.2) is 61.4 Å². The molecule has 2 saturated heterocycles. The normalized spacial score (nSPS) is 18.7. The van der Waals surface area contributed by atoms with Gasteiger partial charge in [-0.15, -0.1) is 5.10 Å². The van der Waals surface area contributed by atoms with Crippen molar-refractivity contribution < 1.29 is 37.0 Å². The average Bonchev–Trinajstić information content (AvgIpc) is 3.46. The first-order valence-electron chi connectivity index (χ1n) is 15.7. The molecule has 12 nitrogen and oxygen atoms in total. The molecule has 2 atom stereocenters. The van der Waals surface area contributed by atoms with Gasteiger partial charge in [-0.2, -0.15) is 13.2 Å². The predicted molar refractivity (Wildman–Crippen MR) is 174 cm³/mol. The van der Waals surface area contributed by atoms with Crippen LogP contribution in [0, 0.1) is 12.7 Å². The Morgan fingerprint density at radius 2 is 1.78 bits per heavy atom. The molecule has 7 rings (SSSR count). The zero-order valence-corrected chi connectivity index (χ0v) is 27.0. The number of fused-ring (bicyclic) bond motifs is 4. The van der Waals surface area contributed by atoms with Crippen LogP contribution in [-0.4, -0.2) is 70.1 Å². The minimum absolute atomic E-state index is 0.0137. The lowest BCUT2D eigenvalue weighted by molar-refractivity contribution is -0.192. The fourth-order valence-electron chi connectivity index (χ4n) is 6.58. The summed E-state index contributed by atoms with van der Waals surface area (Å²) in [5.74, 6) is -1.63. The van der Waals surface area contributed by atoms with E-state index in [2.05, 4.69) is 32.2 Å². The summed E-state index contributed by atoms with van der Waals surface area (Å²) in [7, 11) is 1.82. The van der Waals surface area contributed by atoms with Gasteiger partial charge in [-0.25, -0.2) is 28.8 Å². The summed E-state index contributed by atoms with van der Waals surface area (Å²) in [5, 5.41) is 18.4. The van der Waals surface area contributed by atoms with Gasteiger partial charge in [0.15, 0.2) is 11.6 Å². The number of carbonyl (C=O) groups is 2. The molecule has 3 aromatic heterocycles. The Morgan fingerprint density at radius 3 is 2.46 bits per heavy atom. The van der Waals surface area contributed by atoms with E-state index in [1.165, 1.54) is 12.4 Å². The summed E-state index contributed by atoms with van der Waals surface area (Å²) in [6.45, 7) is 5.37. The lowest BCUT2D eigenvalue weighted by Gasteiger charge is -2.48. The van der Waals surface area contributed by atoms with E-state index in [1.54, 1.807) is 35.9 Å². The summed E-state index contributed by atoms with van der Waals surface area (Å²) in [6.07, 6.45) is 2.59. The van der Waals surface area contributed by atoms with E-state index < -0.39 is 18.0 Å². The molecule has 0 aliphatic carbocycles. The predicted octanol–water partition coefficient (Wildman–Crippen LogP) is 6.74. The van der Waals surface area contributed by atoms with E-state index in [-0.39, 0.29) is 29.6 Å². The zero-order chi connectivity index (χ0) is 35.7. The topological polar surface area (TPSA) is 148 Å². The highest BCUT2D eigenvalue weighted by molar-refractivity contribution is 5.88. The number of amides is 1. The molecule has 2 N–H and O–H groups in total. The van der Waals surface area contributed by atoms with Crippen LogP contribution < -0.4 is 10.1 Å². The van der Waals surface area contributed by atoms with E-state index in [4.69, 9.17) is 19.6 Å². The molecule has 0 spiro atoms. The van der Waals surface area contributed by atoms with E-state index >= 15 is 4.39 Å². The summed E-state index contributed by atoms with van der Waals surface area (Å²) in [5.41, 5.74) is 4.35. The Kier molecular flexibility index (Phi) is 9.36. The molecule has 5 heterocycles. The molecule has 2 bridgehead atoms. The number of ether oxygens (including phenoxy) is 1. The van der Waals surface area contributed by atoms with Gasteiger partial charge >= 0.3 is 12.1 Å². The van der Waals surface area contributed by atoms with Crippen LogP contribution in [0.25, 0.3) is 22.1 Å². The number of halogens is 4. The van der Waals surface area contributed by atoms with E-state index in [0.717, 1.165) is 43.3 Å². The SMILES string of the molecule is C=CC(=O)N1C2CCCC1CC(c1ccc3ncnc(Nc4ccc(Oc5ccc6c(c5)nnn6C)c(C)c4F)c3n1)C2.O=C(O)C(F)(F)F. The van der Waals surface area contributed by atoms with Gasteiger partial charge in [0.1, 0.15) is 28.9 Å². The number of anilines is 2. The number of nitrogens with zero attached hydrogens (tertiary/aromatic N) is 7. The number of aromatic nitrogens is 6. The maximum absolute atomic E-state index is 15.7. The first-order chi connectivity index (χ1) is 23.8. The van der Waals surface area contributed by atoms with Crippen molar-refractivity contribution in [3.8, 4) is 11.5 Å². The van der Waals surface area contributed by atoms with Gasteiger partial charge in [0.2, 0.25) is 5.91 Å². The number of aliphatic carboxylic acids is 1. The first kappa shape index (κ1) is 34.2. The van der Waals surface area contributed by atoms with E-state index in [0.29, 0.717) is 39.4 Å². The standard InChI is InChI=1S/C32H31FN8O2.C2HF3O2/c1-4-29(42)41-20-6-5-7-21(41)15-19(14-20)23-9-10-25-31(36-23)32(35-17-34-25)37-24-11-13-28(18(2)30(24)33)43-22-8-12-27-26(16-22)38-39-40(27)3;3-2(4,5)1(6)7/h4,8-13,16-17,19-21H,1,5-7,14-15H2,2-3H3,(H,34,35,37);(H,6,7). The van der Waals surface area contributed by atoms with E-state index in [9.17, 15) is 18.0 Å². The summed E-state index contributed by atoms with van der Waals surface area (Å²) in [4.78, 5) is 37.3. The Labute approximate surface area is 282 Å². The number of carboxylic acid groups (broad SMARTS) is 1. The number of hydrogen-bond acceptors (Lipinski definition) is 9. The van der Waals surface area contributed by atoms with Crippen LogP contribution in [-0.2, 0) is 16.6 Å². The molecular weight excluding hydrogens is 660 g/mol. The third-order valence-electron chi connectivity index (χ3n) is 8.97. The fraction of sp³-hybridized carbons (Fsp3) is 0.324.